The van der Waals surface area contributed by atoms with Gasteiger partial charge in [-0.15, -0.1) is 35.3 Å². The fraction of sp³-hybridized carbons (Fsp3) is 0.526. The fourth-order valence-corrected chi connectivity index (χ4v) is 3.95. The highest BCUT2D eigenvalue weighted by molar-refractivity contribution is 14.0. The van der Waals surface area contributed by atoms with E-state index in [-0.39, 0.29) is 29.9 Å². The van der Waals surface area contributed by atoms with Crippen molar-refractivity contribution in [2.75, 3.05) is 39.8 Å². The zero-order valence-electron chi connectivity index (χ0n) is 16.4. The van der Waals surface area contributed by atoms with Crippen LogP contribution in [0, 0.1) is 6.92 Å². The highest BCUT2D eigenvalue weighted by atomic mass is 127. The fourth-order valence-electron chi connectivity index (χ4n) is 3.13. The minimum atomic E-state index is -0.0416. The van der Waals surface area contributed by atoms with Gasteiger partial charge >= 0.3 is 0 Å². The lowest BCUT2D eigenvalue weighted by Gasteiger charge is -2.36. The number of rotatable bonds is 6. The second kappa shape index (κ2) is 11.4. The van der Waals surface area contributed by atoms with E-state index < -0.39 is 0 Å². The summed E-state index contributed by atoms with van der Waals surface area (Å²) in [5, 5.41) is 6.76. The molecule has 0 unspecified atom stereocenters. The van der Waals surface area contributed by atoms with Gasteiger partial charge in [0.2, 0.25) is 0 Å². The van der Waals surface area contributed by atoms with Crippen molar-refractivity contribution in [1.82, 2.24) is 20.1 Å². The average Bonchev–Trinajstić information content (AvgIpc) is 3.36. The first kappa shape index (κ1) is 22.7. The van der Waals surface area contributed by atoms with E-state index in [9.17, 15) is 4.79 Å². The van der Waals surface area contributed by atoms with Crippen LogP contribution in [-0.4, -0.2) is 66.4 Å². The van der Waals surface area contributed by atoms with Crippen molar-refractivity contribution in [2.45, 2.75) is 26.2 Å². The lowest BCUT2D eigenvalue weighted by Crippen LogP contribution is -2.53. The van der Waals surface area contributed by atoms with Crippen molar-refractivity contribution >= 4 is 47.2 Å². The number of piperazine rings is 1. The zero-order chi connectivity index (χ0) is 19.1. The van der Waals surface area contributed by atoms with Gasteiger partial charge in [0.25, 0.3) is 5.91 Å². The molecule has 2 aromatic heterocycles. The van der Waals surface area contributed by atoms with Crippen LogP contribution in [0.25, 0.3) is 0 Å². The molecule has 154 valence electrons. The molecule has 1 aliphatic rings. The maximum atomic E-state index is 12.3. The Morgan fingerprint density at radius 1 is 1.29 bits per heavy atom. The summed E-state index contributed by atoms with van der Waals surface area (Å²) in [6.45, 7) is 5.80. The van der Waals surface area contributed by atoms with Crippen LogP contribution in [0.3, 0.4) is 0 Å². The third kappa shape index (κ3) is 6.20. The van der Waals surface area contributed by atoms with Crippen LogP contribution in [0.15, 0.2) is 33.2 Å². The maximum absolute atomic E-state index is 12.3. The molecule has 9 heteroatoms. The summed E-state index contributed by atoms with van der Waals surface area (Å²) in [4.78, 5) is 25.3. The van der Waals surface area contributed by atoms with Crippen LogP contribution in [-0.2, 0) is 6.42 Å². The zero-order valence-corrected chi connectivity index (χ0v) is 19.5. The number of guanidine groups is 1. The number of aryl methyl sites for hydroxylation is 2. The molecule has 0 spiro atoms. The molecule has 1 fully saturated rings. The van der Waals surface area contributed by atoms with E-state index in [4.69, 9.17) is 4.42 Å². The van der Waals surface area contributed by atoms with Crippen LogP contribution >= 0.6 is 35.3 Å². The second-order valence-corrected chi connectivity index (χ2v) is 7.51. The number of aromatic nitrogens is 1. The molecular weight excluding hydrogens is 489 g/mol. The topological polar surface area (TPSA) is 74.0 Å². The van der Waals surface area contributed by atoms with E-state index in [1.165, 1.54) is 11.3 Å². The van der Waals surface area contributed by atoms with Gasteiger partial charge in [-0.3, -0.25) is 9.79 Å². The van der Waals surface area contributed by atoms with Crippen LogP contribution in [0.5, 0.6) is 0 Å². The van der Waals surface area contributed by atoms with Crippen LogP contribution < -0.4 is 5.32 Å². The monoisotopic (exact) mass is 517 g/mol. The standard InChI is InChI=1S/C19H27N5O2S.HI/c1-15-14-27-17(22-15)7-3-4-8-21-19(20-2)24-11-9-23(10-12-24)18(25)16-6-5-13-26-16;/h5-6,13-14H,3-4,7-12H2,1-2H3,(H,20,21);1H. The van der Waals surface area contributed by atoms with Crippen LogP contribution in [0.1, 0.15) is 34.1 Å². The number of thiazole rings is 1. The lowest BCUT2D eigenvalue weighted by atomic mass is 10.2. The van der Waals surface area contributed by atoms with E-state index in [0.29, 0.717) is 18.8 Å². The van der Waals surface area contributed by atoms with Gasteiger partial charge in [0, 0.05) is 50.8 Å². The molecule has 0 aliphatic carbocycles. The smallest absolute Gasteiger partial charge is 0.289 e. The average molecular weight is 517 g/mol. The molecule has 0 radical (unpaired) electrons. The summed E-state index contributed by atoms with van der Waals surface area (Å²) in [6.07, 6.45) is 4.76. The first-order chi connectivity index (χ1) is 13.2. The number of amides is 1. The molecule has 0 bridgehead atoms. The van der Waals surface area contributed by atoms with Gasteiger partial charge in [0.1, 0.15) is 0 Å². The van der Waals surface area contributed by atoms with Gasteiger partial charge in [0.05, 0.1) is 11.3 Å². The Balaban J connectivity index is 0.00000280. The third-order valence-electron chi connectivity index (χ3n) is 4.58. The highest BCUT2D eigenvalue weighted by Crippen LogP contribution is 2.12. The summed E-state index contributed by atoms with van der Waals surface area (Å²) in [6, 6.07) is 3.45. The number of hydrogen-bond acceptors (Lipinski definition) is 5. The van der Waals surface area contributed by atoms with E-state index in [1.54, 1.807) is 30.5 Å². The molecule has 1 amide bonds. The molecule has 28 heavy (non-hydrogen) atoms. The number of nitrogens with zero attached hydrogens (tertiary/aromatic N) is 4. The number of hydrogen-bond donors (Lipinski definition) is 1. The lowest BCUT2D eigenvalue weighted by molar-refractivity contribution is 0.0657. The molecule has 0 saturated carbocycles. The molecule has 1 aliphatic heterocycles. The SMILES string of the molecule is CN=C(NCCCCc1nc(C)cs1)N1CCN(C(=O)c2ccco2)CC1.I. The Hall–Kier alpha value is -1.62. The van der Waals surface area contributed by atoms with Crippen molar-refractivity contribution in [2.24, 2.45) is 4.99 Å². The molecule has 0 aromatic carbocycles. The number of aliphatic imine (C=N–C) groups is 1. The Morgan fingerprint density at radius 2 is 2.04 bits per heavy atom. The van der Waals surface area contributed by atoms with Crippen molar-refractivity contribution in [1.29, 1.82) is 0 Å². The molecule has 1 saturated heterocycles. The molecule has 0 atom stereocenters. The summed E-state index contributed by atoms with van der Waals surface area (Å²) >= 11 is 1.74. The number of furan rings is 1. The van der Waals surface area contributed by atoms with Crippen LogP contribution in [0.2, 0.25) is 0 Å². The minimum Gasteiger partial charge on any atom is -0.459 e. The van der Waals surface area contributed by atoms with Gasteiger partial charge in [-0.2, -0.15) is 0 Å². The van der Waals surface area contributed by atoms with E-state index in [1.807, 2.05) is 11.8 Å². The van der Waals surface area contributed by atoms with Gasteiger partial charge in [-0.1, -0.05) is 0 Å². The van der Waals surface area contributed by atoms with Gasteiger partial charge in [-0.25, -0.2) is 4.98 Å². The summed E-state index contributed by atoms with van der Waals surface area (Å²) < 4.78 is 5.21. The van der Waals surface area contributed by atoms with Crippen molar-refractivity contribution < 1.29 is 9.21 Å². The molecule has 3 rings (SSSR count). The summed E-state index contributed by atoms with van der Waals surface area (Å²) in [5.41, 5.74) is 1.11. The summed E-state index contributed by atoms with van der Waals surface area (Å²) in [7, 11) is 1.81. The van der Waals surface area contributed by atoms with Gasteiger partial charge < -0.3 is 19.5 Å². The first-order valence-electron chi connectivity index (χ1n) is 9.37. The third-order valence-corrected chi connectivity index (χ3v) is 5.60. The minimum absolute atomic E-state index is 0. The van der Waals surface area contributed by atoms with Gasteiger partial charge in [-0.05, 0) is 38.3 Å². The summed E-state index contributed by atoms with van der Waals surface area (Å²) in [5.74, 6) is 1.27. The van der Waals surface area contributed by atoms with Crippen molar-refractivity contribution in [3.8, 4) is 0 Å². The predicted molar refractivity (Wildman–Crippen MR) is 123 cm³/mol. The maximum Gasteiger partial charge on any atom is 0.289 e. The highest BCUT2D eigenvalue weighted by Gasteiger charge is 2.24. The number of nitrogens with one attached hydrogen (secondary N) is 1. The number of carbonyl (C=O) groups is 1. The largest absolute Gasteiger partial charge is 0.459 e. The van der Waals surface area contributed by atoms with E-state index >= 15 is 0 Å². The number of carbonyl (C=O) groups excluding carboxylic acids is 1. The van der Waals surface area contributed by atoms with Crippen molar-refractivity contribution in [3.63, 3.8) is 0 Å². The normalized spacial score (nSPS) is 14.7. The molecule has 7 nitrogen and oxygen atoms in total. The second-order valence-electron chi connectivity index (χ2n) is 6.57. The molecule has 1 N–H and O–H groups in total. The Kier molecular flexibility index (Phi) is 9.23. The van der Waals surface area contributed by atoms with Crippen molar-refractivity contribution in [3.05, 3.63) is 40.2 Å². The molecular formula is C19H28IN5O2S. The molecule has 3 heterocycles. The van der Waals surface area contributed by atoms with E-state index in [0.717, 1.165) is 50.6 Å². The predicted octanol–water partition coefficient (Wildman–Crippen LogP) is 3.02. The Bertz CT molecular complexity index is 754. The Morgan fingerprint density at radius 3 is 2.64 bits per heavy atom. The molecule has 2 aromatic rings. The number of halogens is 1. The van der Waals surface area contributed by atoms with Crippen LogP contribution in [0.4, 0.5) is 0 Å². The first-order valence-corrected chi connectivity index (χ1v) is 10.2. The van der Waals surface area contributed by atoms with Gasteiger partial charge in [0.15, 0.2) is 11.7 Å². The Labute approximate surface area is 187 Å². The number of unbranched alkanes of at least 4 members (excludes halogenated alkanes) is 1. The van der Waals surface area contributed by atoms with E-state index in [2.05, 4.69) is 25.6 Å². The quantitative estimate of drug-likeness (QED) is 0.276.